The minimum Gasteiger partial charge on any atom is -0.291 e. The summed E-state index contributed by atoms with van der Waals surface area (Å²) in [6.45, 7) is 0.310. The lowest BCUT2D eigenvalue weighted by atomic mass is 10.8. The molecule has 0 bridgehead atoms. The summed E-state index contributed by atoms with van der Waals surface area (Å²) in [5, 5.41) is 0. The molecule has 0 aliphatic carbocycles. The normalized spacial score (nSPS) is 8.00. The third-order valence-corrected chi connectivity index (χ3v) is 1.39. The van der Waals surface area contributed by atoms with Crippen LogP contribution < -0.4 is 0 Å². The first-order valence-corrected chi connectivity index (χ1v) is 4.32. The average Bonchev–Trinajstić information content (AvgIpc) is 1.69. The predicted octanol–water partition coefficient (Wildman–Crippen LogP) is 2.09. The van der Waals surface area contributed by atoms with Crippen LogP contribution in [0.1, 0.15) is 0 Å². The standard InChI is InChI=1S/C3H3ClOS2/c1-2-3-5-7-6-4/h1H,3H2. The molecule has 0 spiro atoms. The lowest BCUT2D eigenvalue weighted by molar-refractivity contribution is 0.445. The largest absolute Gasteiger partial charge is 0.291 e. The summed E-state index contributed by atoms with van der Waals surface area (Å²) in [7, 11) is 6.14. The van der Waals surface area contributed by atoms with E-state index >= 15 is 0 Å². The van der Waals surface area contributed by atoms with Crippen molar-refractivity contribution in [3.8, 4) is 12.3 Å². The summed E-state index contributed by atoms with van der Waals surface area (Å²) in [6, 6.07) is 0. The van der Waals surface area contributed by atoms with Crippen LogP contribution in [0.5, 0.6) is 0 Å². The number of hydrogen-bond acceptors (Lipinski definition) is 3. The monoisotopic (exact) mass is 154 g/mol. The van der Waals surface area contributed by atoms with Gasteiger partial charge in [0.25, 0.3) is 0 Å². The van der Waals surface area contributed by atoms with Gasteiger partial charge in [0, 0.05) is 10.0 Å². The highest BCUT2D eigenvalue weighted by atomic mass is 35.7. The van der Waals surface area contributed by atoms with Crippen LogP contribution >= 0.6 is 31.8 Å². The van der Waals surface area contributed by atoms with Gasteiger partial charge in [-0.1, -0.05) is 5.92 Å². The van der Waals surface area contributed by atoms with E-state index in [1.54, 1.807) is 0 Å². The Hall–Kier alpha value is 0.510. The van der Waals surface area contributed by atoms with Gasteiger partial charge in [-0.3, -0.25) is 4.18 Å². The molecule has 4 heteroatoms. The second-order valence-electron chi connectivity index (χ2n) is 0.597. The molecular weight excluding hydrogens is 152 g/mol. The molecular formula is C3H3ClOS2. The lowest BCUT2D eigenvalue weighted by Crippen LogP contribution is -1.73. The Balaban J connectivity index is 2.60. The highest BCUT2D eigenvalue weighted by Crippen LogP contribution is 2.25. The van der Waals surface area contributed by atoms with Gasteiger partial charge in [-0.25, -0.2) is 0 Å². The van der Waals surface area contributed by atoms with Crippen LogP contribution in [-0.2, 0) is 4.18 Å². The second kappa shape index (κ2) is 6.51. The van der Waals surface area contributed by atoms with Gasteiger partial charge in [0.15, 0.2) is 0 Å². The van der Waals surface area contributed by atoms with Crippen LogP contribution in [0.2, 0.25) is 0 Å². The lowest BCUT2D eigenvalue weighted by Gasteiger charge is -1.86. The van der Waals surface area contributed by atoms with Crippen LogP contribution in [-0.4, -0.2) is 6.61 Å². The number of hydrogen-bond donors (Lipinski definition) is 0. The van der Waals surface area contributed by atoms with E-state index in [1.807, 2.05) is 0 Å². The molecule has 1 nitrogen and oxygen atoms in total. The van der Waals surface area contributed by atoms with E-state index in [-0.39, 0.29) is 0 Å². The molecule has 0 aromatic carbocycles. The van der Waals surface area contributed by atoms with Crippen molar-refractivity contribution in [1.82, 2.24) is 0 Å². The minimum atomic E-state index is 0.310. The van der Waals surface area contributed by atoms with E-state index in [4.69, 9.17) is 17.1 Å². The molecule has 0 aromatic heterocycles. The van der Waals surface area contributed by atoms with Crippen LogP contribution in [0.4, 0.5) is 0 Å². The summed E-state index contributed by atoms with van der Waals surface area (Å²) in [5.41, 5.74) is 0. The molecule has 0 heterocycles. The summed E-state index contributed by atoms with van der Waals surface area (Å²) in [6.07, 6.45) is 4.83. The van der Waals surface area contributed by atoms with Gasteiger partial charge in [-0.05, 0) is 10.7 Å². The van der Waals surface area contributed by atoms with E-state index in [1.165, 1.54) is 0 Å². The molecule has 0 fully saturated rings. The second-order valence-corrected chi connectivity index (χ2v) is 3.02. The summed E-state index contributed by atoms with van der Waals surface area (Å²) >= 11 is 1.07. The smallest absolute Gasteiger partial charge is 0.123 e. The highest BCUT2D eigenvalue weighted by molar-refractivity contribution is 8.83. The summed E-state index contributed by atoms with van der Waals surface area (Å²) in [5.74, 6) is 2.29. The summed E-state index contributed by atoms with van der Waals surface area (Å²) < 4.78 is 4.64. The van der Waals surface area contributed by atoms with Crippen LogP contribution in [0.15, 0.2) is 0 Å². The van der Waals surface area contributed by atoms with Crippen LogP contribution in [0.3, 0.4) is 0 Å². The van der Waals surface area contributed by atoms with Gasteiger partial charge in [-0.15, -0.1) is 6.42 Å². The molecule has 0 saturated carbocycles. The molecule has 7 heavy (non-hydrogen) atoms. The third-order valence-electron chi connectivity index (χ3n) is 0.216. The zero-order valence-corrected chi connectivity index (χ0v) is 5.78. The first-order valence-electron chi connectivity index (χ1n) is 1.42. The van der Waals surface area contributed by atoms with Crippen molar-refractivity contribution in [2.24, 2.45) is 0 Å². The van der Waals surface area contributed by atoms with Gasteiger partial charge in [0.2, 0.25) is 0 Å². The van der Waals surface area contributed by atoms with Gasteiger partial charge in [0.1, 0.15) is 6.61 Å². The zero-order chi connectivity index (χ0) is 5.54. The van der Waals surface area contributed by atoms with Crippen molar-refractivity contribution < 1.29 is 4.18 Å². The molecule has 0 rings (SSSR count). The van der Waals surface area contributed by atoms with Crippen LogP contribution in [0.25, 0.3) is 0 Å². The van der Waals surface area contributed by atoms with E-state index in [2.05, 4.69) is 10.1 Å². The quantitative estimate of drug-likeness (QED) is 0.267. The van der Waals surface area contributed by atoms with Crippen molar-refractivity contribution in [1.29, 1.82) is 0 Å². The van der Waals surface area contributed by atoms with E-state index in [0.717, 1.165) is 21.1 Å². The topological polar surface area (TPSA) is 9.23 Å². The van der Waals surface area contributed by atoms with Gasteiger partial charge >= 0.3 is 0 Å². The van der Waals surface area contributed by atoms with Crippen LogP contribution in [0, 0.1) is 12.3 Å². The molecule has 0 aromatic rings. The van der Waals surface area contributed by atoms with Crippen molar-refractivity contribution in [3.05, 3.63) is 0 Å². The molecule has 0 unspecified atom stereocenters. The Kier molecular flexibility index (Phi) is 6.98. The van der Waals surface area contributed by atoms with E-state index in [9.17, 15) is 0 Å². The molecule has 0 radical (unpaired) electrons. The molecule has 0 N–H and O–H groups in total. The molecule has 0 aliphatic heterocycles. The third kappa shape index (κ3) is 6.51. The first kappa shape index (κ1) is 7.51. The molecule has 40 valence electrons. The Bertz CT molecular complexity index is 69.8. The number of rotatable bonds is 3. The fourth-order valence-electron chi connectivity index (χ4n) is 0.0763. The maximum atomic E-state index is 5.12. The van der Waals surface area contributed by atoms with Crippen molar-refractivity contribution in [2.75, 3.05) is 6.61 Å². The Morgan fingerprint density at radius 1 is 1.86 bits per heavy atom. The fraction of sp³-hybridized carbons (Fsp3) is 0.333. The maximum Gasteiger partial charge on any atom is 0.123 e. The van der Waals surface area contributed by atoms with Crippen molar-refractivity contribution >= 4 is 31.8 Å². The van der Waals surface area contributed by atoms with E-state index in [0.29, 0.717) is 6.61 Å². The highest BCUT2D eigenvalue weighted by Gasteiger charge is 1.79. The van der Waals surface area contributed by atoms with Crippen molar-refractivity contribution in [2.45, 2.75) is 0 Å². The number of terminal acetylenes is 1. The number of halogens is 1. The van der Waals surface area contributed by atoms with Gasteiger partial charge < -0.3 is 0 Å². The van der Waals surface area contributed by atoms with Crippen molar-refractivity contribution in [3.63, 3.8) is 0 Å². The van der Waals surface area contributed by atoms with Gasteiger partial charge in [0.05, 0.1) is 11.1 Å². The average molecular weight is 155 g/mol. The molecule has 0 amide bonds. The predicted molar refractivity (Wildman–Crippen MR) is 35.8 cm³/mol. The van der Waals surface area contributed by atoms with E-state index < -0.39 is 0 Å². The minimum absolute atomic E-state index is 0.310. The maximum absolute atomic E-state index is 5.12. The molecule has 0 atom stereocenters. The van der Waals surface area contributed by atoms with Gasteiger partial charge in [-0.2, -0.15) is 0 Å². The first-order chi connectivity index (χ1) is 3.41. The zero-order valence-electron chi connectivity index (χ0n) is 3.39. The summed E-state index contributed by atoms with van der Waals surface area (Å²) in [4.78, 5) is 0. The molecule has 0 aliphatic rings. The SMILES string of the molecule is C#CCOSSCl. The Morgan fingerprint density at radius 3 is 3.00 bits per heavy atom. The fourth-order valence-corrected chi connectivity index (χ4v) is 0.810. The molecule has 0 saturated heterocycles. The Morgan fingerprint density at radius 2 is 2.57 bits per heavy atom. The Labute approximate surface area is 55.2 Å².